The SMILES string of the molecule is CCC1CCN(CC(N)c2ccc(C(C)(C)C)cc2)CC1. The second-order valence-corrected chi connectivity index (χ2v) is 7.63. The zero-order valence-corrected chi connectivity index (χ0v) is 14.2. The van der Waals surface area contributed by atoms with Gasteiger partial charge in [0.25, 0.3) is 0 Å². The Balaban J connectivity index is 1.90. The van der Waals surface area contributed by atoms with Crippen LogP contribution >= 0.6 is 0 Å². The first-order chi connectivity index (χ1) is 9.90. The minimum Gasteiger partial charge on any atom is -0.323 e. The third-order valence-corrected chi connectivity index (χ3v) is 4.94. The van der Waals surface area contributed by atoms with Crippen molar-refractivity contribution in [3.05, 3.63) is 35.4 Å². The summed E-state index contributed by atoms with van der Waals surface area (Å²) in [5, 5.41) is 0. The molecule has 1 aromatic carbocycles. The molecule has 1 heterocycles. The lowest BCUT2D eigenvalue weighted by Crippen LogP contribution is -2.38. The molecule has 2 nitrogen and oxygen atoms in total. The van der Waals surface area contributed by atoms with Crippen LogP contribution in [0.2, 0.25) is 0 Å². The van der Waals surface area contributed by atoms with Crippen molar-refractivity contribution >= 4 is 0 Å². The molecule has 21 heavy (non-hydrogen) atoms. The summed E-state index contributed by atoms with van der Waals surface area (Å²) in [4.78, 5) is 2.54. The average Bonchev–Trinajstić information content (AvgIpc) is 2.47. The van der Waals surface area contributed by atoms with E-state index < -0.39 is 0 Å². The highest BCUT2D eigenvalue weighted by Crippen LogP contribution is 2.25. The number of likely N-dealkylation sites (tertiary alicyclic amines) is 1. The molecule has 2 rings (SSSR count). The Bertz CT molecular complexity index is 422. The van der Waals surface area contributed by atoms with Crippen molar-refractivity contribution in [3.63, 3.8) is 0 Å². The summed E-state index contributed by atoms with van der Waals surface area (Å²) in [5.74, 6) is 0.934. The molecule has 1 fully saturated rings. The molecule has 1 aromatic rings. The summed E-state index contributed by atoms with van der Waals surface area (Å²) in [7, 11) is 0. The van der Waals surface area contributed by atoms with E-state index in [1.54, 1.807) is 0 Å². The van der Waals surface area contributed by atoms with Gasteiger partial charge < -0.3 is 10.6 Å². The Labute approximate surface area is 130 Å². The first-order valence-electron chi connectivity index (χ1n) is 8.48. The number of hydrogen-bond acceptors (Lipinski definition) is 2. The molecule has 1 atom stereocenters. The van der Waals surface area contributed by atoms with Gasteiger partial charge in [-0.25, -0.2) is 0 Å². The first-order valence-corrected chi connectivity index (χ1v) is 8.48. The summed E-state index contributed by atoms with van der Waals surface area (Å²) in [5.41, 5.74) is 9.26. The van der Waals surface area contributed by atoms with Gasteiger partial charge in [-0.05, 0) is 48.4 Å². The van der Waals surface area contributed by atoms with Gasteiger partial charge in [-0.2, -0.15) is 0 Å². The quantitative estimate of drug-likeness (QED) is 0.903. The minimum absolute atomic E-state index is 0.136. The molecule has 1 aliphatic rings. The highest BCUT2D eigenvalue weighted by Gasteiger charge is 2.20. The van der Waals surface area contributed by atoms with Crippen LogP contribution in [-0.2, 0) is 5.41 Å². The molecule has 1 aliphatic heterocycles. The van der Waals surface area contributed by atoms with Gasteiger partial charge in [0.2, 0.25) is 0 Å². The Hall–Kier alpha value is -0.860. The monoisotopic (exact) mass is 288 g/mol. The molecule has 118 valence electrons. The van der Waals surface area contributed by atoms with Gasteiger partial charge in [0.15, 0.2) is 0 Å². The number of hydrogen-bond donors (Lipinski definition) is 1. The fourth-order valence-corrected chi connectivity index (χ4v) is 3.19. The van der Waals surface area contributed by atoms with E-state index in [0.29, 0.717) is 0 Å². The summed E-state index contributed by atoms with van der Waals surface area (Å²) in [6.07, 6.45) is 4.01. The van der Waals surface area contributed by atoms with Crippen molar-refractivity contribution in [2.75, 3.05) is 19.6 Å². The predicted molar refractivity (Wildman–Crippen MR) is 91.5 cm³/mol. The maximum Gasteiger partial charge on any atom is 0.0424 e. The molecule has 1 unspecified atom stereocenters. The fourth-order valence-electron chi connectivity index (χ4n) is 3.19. The summed E-state index contributed by atoms with van der Waals surface area (Å²) >= 11 is 0. The van der Waals surface area contributed by atoms with E-state index in [0.717, 1.165) is 12.5 Å². The highest BCUT2D eigenvalue weighted by molar-refractivity contribution is 5.29. The predicted octanol–water partition coefficient (Wildman–Crippen LogP) is 4.11. The van der Waals surface area contributed by atoms with Gasteiger partial charge in [0.1, 0.15) is 0 Å². The Kier molecular flexibility index (Phi) is 5.45. The van der Waals surface area contributed by atoms with Crippen molar-refractivity contribution in [3.8, 4) is 0 Å². The van der Waals surface area contributed by atoms with Crippen molar-refractivity contribution in [1.29, 1.82) is 0 Å². The van der Waals surface area contributed by atoms with Crippen LogP contribution in [0.1, 0.15) is 64.1 Å². The molecule has 0 bridgehead atoms. The van der Waals surface area contributed by atoms with Crippen LogP contribution in [0, 0.1) is 5.92 Å². The van der Waals surface area contributed by atoms with Crippen LogP contribution in [-0.4, -0.2) is 24.5 Å². The molecular weight excluding hydrogens is 256 g/mol. The molecule has 2 heteroatoms. The number of nitrogens with two attached hydrogens (primary N) is 1. The van der Waals surface area contributed by atoms with Gasteiger partial charge in [0.05, 0.1) is 0 Å². The number of nitrogens with zero attached hydrogens (tertiary/aromatic N) is 1. The van der Waals surface area contributed by atoms with E-state index in [4.69, 9.17) is 5.73 Å². The summed E-state index contributed by atoms with van der Waals surface area (Å²) in [6, 6.07) is 9.03. The molecular formula is C19H32N2. The van der Waals surface area contributed by atoms with Gasteiger partial charge in [0, 0.05) is 12.6 Å². The Morgan fingerprint density at radius 2 is 1.71 bits per heavy atom. The van der Waals surface area contributed by atoms with E-state index in [1.807, 2.05) is 0 Å². The standard InChI is InChI=1S/C19H32N2/c1-5-15-10-12-21(13-11-15)14-18(20)16-6-8-17(9-7-16)19(2,3)4/h6-9,15,18H,5,10-14,20H2,1-4H3. The zero-order chi connectivity index (χ0) is 15.5. The van der Waals surface area contributed by atoms with Crippen LogP contribution < -0.4 is 5.73 Å². The van der Waals surface area contributed by atoms with Gasteiger partial charge in [-0.3, -0.25) is 0 Å². The number of benzene rings is 1. The average molecular weight is 288 g/mol. The lowest BCUT2D eigenvalue weighted by atomic mass is 9.86. The molecule has 0 aromatic heterocycles. The van der Waals surface area contributed by atoms with Gasteiger partial charge in [-0.15, -0.1) is 0 Å². The molecule has 1 saturated heterocycles. The molecule has 0 amide bonds. The lowest BCUT2D eigenvalue weighted by Gasteiger charge is -2.33. The summed E-state index contributed by atoms with van der Waals surface area (Å²) in [6.45, 7) is 12.5. The van der Waals surface area contributed by atoms with Crippen molar-refractivity contribution in [2.24, 2.45) is 11.7 Å². The van der Waals surface area contributed by atoms with Gasteiger partial charge >= 0.3 is 0 Å². The smallest absolute Gasteiger partial charge is 0.0424 e. The fraction of sp³-hybridized carbons (Fsp3) is 0.684. The van der Waals surface area contributed by atoms with Crippen LogP contribution in [0.15, 0.2) is 24.3 Å². The Morgan fingerprint density at radius 3 is 2.19 bits per heavy atom. The topological polar surface area (TPSA) is 29.3 Å². The largest absolute Gasteiger partial charge is 0.323 e. The minimum atomic E-state index is 0.136. The third-order valence-electron chi connectivity index (χ3n) is 4.94. The van der Waals surface area contributed by atoms with Crippen molar-refractivity contribution in [2.45, 2.75) is 58.4 Å². The zero-order valence-electron chi connectivity index (χ0n) is 14.2. The van der Waals surface area contributed by atoms with Gasteiger partial charge in [-0.1, -0.05) is 58.4 Å². The van der Waals surface area contributed by atoms with E-state index in [9.17, 15) is 0 Å². The molecule has 2 N–H and O–H groups in total. The van der Waals surface area contributed by atoms with Crippen LogP contribution in [0.4, 0.5) is 0 Å². The van der Waals surface area contributed by atoms with Crippen LogP contribution in [0.25, 0.3) is 0 Å². The van der Waals surface area contributed by atoms with E-state index in [2.05, 4.69) is 56.9 Å². The maximum absolute atomic E-state index is 6.41. The molecule has 0 saturated carbocycles. The summed E-state index contributed by atoms with van der Waals surface area (Å²) < 4.78 is 0. The van der Waals surface area contributed by atoms with Crippen molar-refractivity contribution in [1.82, 2.24) is 4.90 Å². The Morgan fingerprint density at radius 1 is 1.14 bits per heavy atom. The number of rotatable bonds is 4. The molecule has 0 aliphatic carbocycles. The van der Waals surface area contributed by atoms with Crippen molar-refractivity contribution < 1.29 is 0 Å². The molecule has 0 spiro atoms. The van der Waals surface area contributed by atoms with E-state index in [1.165, 1.54) is 43.5 Å². The lowest BCUT2D eigenvalue weighted by molar-refractivity contribution is 0.173. The third kappa shape index (κ3) is 4.55. The maximum atomic E-state index is 6.41. The second kappa shape index (κ2) is 6.93. The van der Waals surface area contributed by atoms with E-state index in [-0.39, 0.29) is 11.5 Å². The van der Waals surface area contributed by atoms with Crippen LogP contribution in [0.3, 0.4) is 0 Å². The van der Waals surface area contributed by atoms with E-state index >= 15 is 0 Å². The van der Waals surface area contributed by atoms with Crippen LogP contribution in [0.5, 0.6) is 0 Å². The first kappa shape index (κ1) is 16.5. The number of piperidine rings is 1. The highest BCUT2D eigenvalue weighted by atomic mass is 15.1. The normalized spacial score (nSPS) is 19.7. The molecule has 0 radical (unpaired) electrons. The second-order valence-electron chi connectivity index (χ2n) is 7.63.